The van der Waals surface area contributed by atoms with E-state index in [1.54, 1.807) is 12.2 Å². The molecule has 0 rings (SSSR count). The van der Waals surface area contributed by atoms with Crippen LogP contribution in [0.3, 0.4) is 0 Å². The highest BCUT2D eigenvalue weighted by molar-refractivity contribution is 5.85. The lowest BCUT2D eigenvalue weighted by atomic mass is 9.86. The van der Waals surface area contributed by atoms with E-state index < -0.39 is 11.7 Å². The highest BCUT2D eigenvalue weighted by Gasteiger charge is 2.30. The lowest BCUT2D eigenvalue weighted by Crippen LogP contribution is -2.22. The molecular formula is C13H18F2O. The molecule has 90 valence electrons. The third-order valence-electron chi connectivity index (χ3n) is 2.14. The van der Waals surface area contributed by atoms with Gasteiger partial charge in [0.1, 0.15) is 0 Å². The zero-order valence-corrected chi connectivity index (χ0v) is 10.2. The molecule has 0 saturated heterocycles. The van der Waals surface area contributed by atoms with E-state index in [4.69, 9.17) is 0 Å². The van der Waals surface area contributed by atoms with Gasteiger partial charge in [-0.15, -0.1) is 0 Å². The summed E-state index contributed by atoms with van der Waals surface area (Å²) in [6.07, 6.45) is 4.97. The molecule has 0 aliphatic carbocycles. The van der Waals surface area contributed by atoms with Gasteiger partial charge in [-0.05, 0) is 17.1 Å². The van der Waals surface area contributed by atoms with Gasteiger partial charge in [0.05, 0.1) is 0 Å². The molecule has 16 heavy (non-hydrogen) atoms. The summed E-state index contributed by atoms with van der Waals surface area (Å²) in [5.74, 6) is -4.55. The van der Waals surface area contributed by atoms with Gasteiger partial charge in [0.2, 0.25) is 5.78 Å². The Morgan fingerprint density at radius 2 is 1.75 bits per heavy atom. The number of Topliss-reactive ketones (excluding diaryl/α,β-unsaturated/α-hetero) is 1. The van der Waals surface area contributed by atoms with Crippen LogP contribution in [-0.4, -0.2) is 11.7 Å². The summed E-state index contributed by atoms with van der Waals surface area (Å²) >= 11 is 0. The molecule has 0 aliphatic heterocycles. The van der Waals surface area contributed by atoms with Gasteiger partial charge < -0.3 is 0 Å². The first-order chi connectivity index (χ1) is 7.11. The summed E-state index contributed by atoms with van der Waals surface area (Å²) < 4.78 is 25.8. The molecule has 0 aromatic carbocycles. The van der Waals surface area contributed by atoms with Gasteiger partial charge >= 0.3 is 5.92 Å². The maximum Gasteiger partial charge on any atom is 0.323 e. The fourth-order valence-corrected chi connectivity index (χ4v) is 1.01. The van der Waals surface area contributed by atoms with Gasteiger partial charge in [0.15, 0.2) is 0 Å². The molecule has 1 nitrogen and oxygen atoms in total. The molecule has 0 unspecified atom stereocenters. The standard InChI is InChI=1S/C13H18F2O/c1-6-11(12(3,4)5)8-7-9-13(14,15)10(2)16/h6-9H,1H2,2-5H3/b9-7+,11-8+. The molecular weight excluding hydrogens is 210 g/mol. The molecule has 0 spiro atoms. The van der Waals surface area contributed by atoms with Crippen molar-refractivity contribution in [2.75, 3.05) is 0 Å². The number of halogens is 2. The summed E-state index contributed by atoms with van der Waals surface area (Å²) in [6, 6.07) is 0. The summed E-state index contributed by atoms with van der Waals surface area (Å²) in [7, 11) is 0. The van der Waals surface area contributed by atoms with Crippen LogP contribution < -0.4 is 0 Å². The number of rotatable bonds is 4. The van der Waals surface area contributed by atoms with E-state index in [0.29, 0.717) is 6.08 Å². The third kappa shape index (κ3) is 4.51. The minimum Gasteiger partial charge on any atom is -0.293 e. The predicted octanol–water partition coefficient (Wildman–Crippen LogP) is 3.93. The van der Waals surface area contributed by atoms with Crippen LogP contribution in [0.1, 0.15) is 27.7 Å². The third-order valence-corrected chi connectivity index (χ3v) is 2.14. The van der Waals surface area contributed by atoms with Crippen LogP contribution in [0.2, 0.25) is 0 Å². The molecule has 3 heteroatoms. The number of hydrogen-bond acceptors (Lipinski definition) is 1. The second-order valence-corrected chi connectivity index (χ2v) is 4.61. The van der Waals surface area contributed by atoms with Gasteiger partial charge in [-0.1, -0.05) is 45.6 Å². The quantitative estimate of drug-likeness (QED) is 0.666. The Bertz CT molecular complexity index is 330. The topological polar surface area (TPSA) is 17.1 Å². The van der Waals surface area contributed by atoms with Gasteiger partial charge in [0.25, 0.3) is 0 Å². The highest BCUT2D eigenvalue weighted by atomic mass is 19.3. The Morgan fingerprint density at radius 3 is 2.06 bits per heavy atom. The van der Waals surface area contributed by atoms with Crippen molar-refractivity contribution < 1.29 is 13.6 Å². The van der Waals surface area contributed by atoms with Crippen LogP contribution in [0.5, 0.6) is 0 Å². The average Bonchev–Trinajstić information content (AvgIpc) is 2.10. The number of allylic oxidation sites excluding steroid dienone is 5. The largest absolute Gasteiger partial charge is 0.323 e. The Hall–Kier alpha value is -1.25. The molecule has 0 bridgehead atoms. The molecule has 0 aliphatic rings. The van der Waals surface area contributed by atoms with Crippen LogP contribution >= 0.6 is 0 Å². The highest BCUT2D eigenvalue weighted by Crippen LogP contribution is 2.26. The van der Waals surface area contributed by atoms with Gasteiger partial charge in [-0.3, -0.25) is 4.79 Å². The number of carbonyl (C=O) groups is 1. The van der Waals surface area contributed by atoms with Gasteiger partial charge in [-0.2, -0.15) is 8.78 Å². The average molecular weight is 228 g/mol. The van der Waals surface area contributed by atoms with Crippen LogP contribution in [0.15, 0.2) is 36.5 Å². The van der Waals surface area contributed by atoms with E-state index in [2.05, 4.69) is 6.58 Å². The van der Waals surface area contributed by atoms with E-state index in [-0.39, 0.29) is 5.41 Å². The van der Waals surface area contributed by atoms with Crippen molar-refractivity contribution in [1.29, 1.82) is 0 Å². The fraction of sp³-hybridized carbons (Fsp3) is 0.462. The van der Waals surface area contributed by atoms with E-state index in [0.717, 1.165) is 12.5 Å². The second kappa shape index (κ2) is 5.19. The van der Waals surface area contributed by atoms with E-state index in [1.807, 2.05) is 20.8 Å². The summed E-state index contributed by atoms with van der Waals surface area (Å²) in [4.78, 5) is 10.6. The SMILES string of the molecule is C=C/C(=C\C=C\C(F)(F)C(C)=O)C(C)(C)C. The van der Waals surface area contributed by atoms with Crippen molar-refractivity contribution in [3.63, 3.8) is 0 Å². The van der Waals surface area contributed by atoms with Crippen molar-refractivity contribution >= 4 is 5.78 Å². The molecule has 0 aromatic rings. The van der Waals surface area contributed by atoms with Crippen molar-refractivity contribution in [3.8, 4) is 0 Å². The Labute approximate surface area is 95.5 Å². The Kier molecular flexibility index (Phi) is 4.79. The number of hydrogen-bond donors (Lipinski definition) is 0. The van der Waals surface area contributed by atoms with Crippen molar-refractivity contribution in [2.24, 2.45) is 5.41 Å². The molecule has 0 saturated carbocycles. The van der Waals surface area contributed by atoms with E-state index >= 15 is 0 Å². The van der Waals surface area contributed by atoms with Crippen LogP contribution in [0, 0.1) is 5.41 Å². The van der Waals surface area contributed by atoms with Gasteiger partial charge in [-0.25, -0.2) is 0 Å². The van der Waals surface area contributed by atoms with Crippen molar-refractivity contribution in [2.45, 2.75) is 33.6 Å². The van der Waals surface area contributed by atoms with Crippen LogP contribution in [0.4, 0.5) is 8.78 Å². The zero-order valence-electron chi connectivity index (χ0n) is 10.2. The Balaban J connectivity index is 4.89. The first-order valence-electron chi connectivity index (χ1n) is 5.02. The second-order valence-electron chi connectivity index (χ2n) is 4.61. The molecule has 0 aromatic heterocycles. The van der Waals surface area contributed by atoms with Crippen molar-refractivity contribution in [1.82, 2.24) is 0 Å². The maximum absolute atomic E-state index is 12.9. The minimum absolute atomic E-state index is 0.155. The van der Waals surface area contributed by atoms with Gasteiger partial charge in [0, 0.05) is 6.92 Å². The first kappa shape index (κ1) is 14.8. The lowest BCUT2D eigenvalue weighted by molar-refractivity contribution is -0.134. The Morgan fingerprint density at radius 1 is 1.25 bits per heavy atom. The fourth-order valence-electron chi connectivity index (χ4n) is 1.01. The normalized spacial score (nSPS) is 14.2. The predicted molar refractivity (Wildman–Crippen MR) is 62.5 cm³/mol. The summed E-state index contributed by atoms with van der Waals surface area (Å²) in [5.41, 5.74) is 0.681. The molecule has 0 radical (unpaired) electrons. The maximum atomic E-state index is 12.9. The number of alkyl halides is 2. The minimum atomic E-state index is -3.39. The van der Waals surface area contributed by atoms with Crippen LogP contribution in [0.25, 0.3) is 0 Å². The van der Waals surface area contributed by atoms with Crippen LogP contribution in [-0.2, 0) is 4.79 Å². The first-order valence-corrected chi connectivity index (χ1v) is 5.02. The summed E-state index contributed by atoms with van der Waals surface area (Å²) in [6.45, 7) is 10.4. The van der Waals surface area contributed by atoms with Crippen molar-refractivity contribution in [3.05, 3.63) is 36.5 Å². The monoisotopic (exact) mass is 228 g/mol. The summed E-state index contributed by atoms with van der Waals surface area (Å²) in [5, 5.41) is 0. The molecule has 0 atom stereocenters. The molecule has 0 N–H and O–H groups in total. The zero-order chi connectivity index (χ0) is 13.0. The van der Waals surface area contributed by atoms with E-state index in [1.165, 1.54) is 6.08 Å². The molecule has 0 fully saturated rings. The number of ketones is 1. The molecule has 0 heterocycles. The molecule has 0 amide bonds. The van der Waals surface area contributed by atoms with E-state index in [9.17, 15) is 13.6 Å². The number of carbonyl (C=O) groups excluding carboxylic acids is 1. The smallest absolute Gasteiger partial charge is 0.293 e. The lowest BCUT2D eigenvalue weighted by Gasteiger charge is -2.19.